The van der Waals surface area contributed by atoms with Gasteiger partial charge in [-0.2, -0.15) is 0 Å². The normalized spacial score (nSPS) is 29.2. The number of nitrogens with zero attached hydrogens (tertiary/aromatic N) is 1. The average molecular weight is 355 g/mol. The van der Waals surface area contributed by atoms with Crippen molar-refractivity contribution in [1.82, 2.24) is 0 Å². The highest BCUT2D eigenvalue weighted by Crippen LogP contribution is 2.46. The van der Waals surface area contributed by atoms with Gasteiger partial charge in [0, 0.05) is 11.8 Å². The summed E-state index contributed by atoms with van der Waals surface area (Å²) in [6, 6.07) is 6.64. The van der Waals surface area contributed by atoms with Crippen molar-refractivity contribution in [2.24, 2.45) is 16.8 Å². The molecule has 0 bridgehead atoms. The van der Waals surface area contributed by atoms with E-state index >= 15 is 0 Å². The topological polar surface area (TPSA) is 79.1 Å². The number of aliphatic imine (C=N–C) groups is 1. The van der Waals surface area contributed by atoms with E-state index in [-0.39, 0.29) is 11.7 Å². The zero-order valence-corrected chi connectivity index (χ0v) is 15.3. The van der Waals surface area contributed by atoms with E-state index in [1.807, 2.05) is 19.9 Å². The van der Waals surface area contributed by atoms with Gasteiger partial charge in [0.05, 0.1) is 0 Å². The number of aromatic hydroxyl groups is 1. The van der Waals surface area contributed by atoms with E-state index in [1.165, 1.54) is 6.21 Å². The summed E-state index contributed by atoms with van der Waals surface area (Å²) < 4.78 is 6.21. The molecule has 2 aliphatic heterocycles. The predicted molar refractivity (Wildman–Crippen MR) is 101 cm³/mol. The first-order valence-electron chi connectivity index (χ1n) is 8.95. The molecule has 2 heterocycles. The summed E-state index contributed by atoms with van der Waals surface area (Å²) in [6.45, 7) is 5.95. The number of aliphatic hydroxyl groups is 1. The molecular weight excluding hydrogens is 330 g/mol. The van der Waals surface area contributed by atoms with Gasteiger partial charge in [0.25, 0.3) is 5.91 Å². The second kappa shape index (κ2) is 7.08. The fourth-order valence-electron chi connectivity index (χ4n) is 3.78. The van der Waals surface area contributed by atoms with Crippen LogP contribution in [-0.4, -0.2) is 34.0 Å². The molecule has 4 atom stereocenters. The molecule has 5 heteroatoms. The maximum atomic E-state index is 12.3. The van der Waals surface area contributed by atoms with E-state index in [9.17, 15) is 15.0 Å². The quantitative estimate of drug-likeness (QED) is 0.793. The summed E-state index contributed by atoms with van der Waals surface area (Å²) in [5.74, 6) is -0.207. The van der Waals surface area contributed by atoms with Gasteiger partial charge in [0.15, 0.2) is 0 Å². The Hall–Kier alpha value is -2.40. The summed E-state index contributed by atoms with van der Waals surface area (Å²) in [5, 5.41) is 20.4. The summed E-state index contributed by atoms with van der Waals surface area (Å²) in [7, 11) is 0. The van der Waals surface area contributed by atoms with Crippen LogP contribution in [0.5, 0.6) is 5.75 Å². The van der Waals surface area contributed by atoms with E-state index in [4.69, 9.17) is 4.74 Å². The number of dihydropyridines is 1. The molecule has 1 aromatic rings. The van der Waals surface area contributed by atoms with Gasteiger partial charge in [-0.25, -0.2) is 4.99 Å². The third kappa shape index (κ3) is 3.31. The molecule has 1 fully saturated rings. The highest BCUT2D eigenvalue weighted by Gasteiger charge is 2.54. The number of allylic oxidation sites excluding steroid dienone is 3. The fourth-order valence-corrected chi connectivity index (χ4v) is 3.78. The first-order chi connectivity index (χ1) is 12.4. The molecule has 1 aromatic carbocycles. The lowest BCUT2D eigenvalue weighted by Gasteiger charge is -2.30. The molecular formula is C21H25NO4. The molecule has 138 valence electrons. The van der Waals surface area contributed by atoms with Crippen molar-refractivity contribution in [1.29, 1.82) is 0 Å². The minimum Gasteiger partial charge on any atom is -0.508 e. The van der Waals surface area contributed by atoms with Crippen LogP contribution in [0.4, 0.5) is 0 Å². The number of rotatable bonds is 5. The molecule has 1 amide bonds. The fraction of sp³-hybridized carbons (Fsp3) is 0.429. The van der Waals surface area contributed by atoms with Crippen LogP contribution in [-0.2, 0) is 9.53 Å². The zero-order chi connectivity index (χ0) is 18.9. The Bertz CT molecular complexity index is 778. The van der Waals surface area contributed by atoms with Crippen LogP contribution in [0.15, 0.2) is 47.2 Å². The first-order valence-corrected chi connectivity index (χ1v) is 8.95. The van der Waals surface area contributed by atoms with Gasteiger partial charge in [-0.1, -0.05) is 31.2 Å². The summed E-state index contributed by atoms with van der Waals surface area (Å²) in [6.07, 6.45) is 6.17. The predicted octanol–water partition coefficient (Wildman–Crippen LogP) is 3.47. The molecule has 0 radical (unpaired) electrons. The average Bonchev–Trinajstić information content (AvgIpc) is 2.86. The van der Waals surface area contributed by atoms with Crippen LogP contribution in [0, 0.1) is 11.8 Å². The van der Waals surface area contributed by atoms with Crippen LogP contribution in [0.25, 0.3) is 5.57 Å². The number of carbonyl (C=O) groups excluding carboxylic acids is 1. The zero-order valence-electron chi connectivity index (χ0n) is 15.3. The number of hydrogen-bond donors (Lipinski definition) is 2. The Morgan fingerprint density at radius 3 is 2.69 bits per heavy atom. The molecule has 0 spiro atoms. The highest BCUT2D eigenvalue weighted by molar-refractivity contribution is 6.17. The Balaban J connectivity index is 1.95. The Morgan fingerprint density at radius 1 is 1.35 bits per heavy atom. The lowest BCUT2D eigenvalue weighted by atomic mass is 9.82. The van der Waals surface area contributed by atoms with Gasteiger partial charge < -0.3 is 14.9 Å². The van der Waals surface area contributed by atoms with E-state index in [0.717, 1.165) is 12.0 Å². The number of ether oxygens (including phenoxy) is 1. The molecule has 2 N–H and O–H groups in total. The molecule has 0 aliphatic carbocycles. The monoisotopic (exact) mass is 355 g/mol. The minimum absolute atomic E-state index is 0.162. The van der Waals surface area contributed by atoms with Crippen molar-refractivity contribution >= 4 is 17.7 Å². The number of hydrogen-bond acceptors (Lipinski definition) is 4. The van der Waals surface area contributed by atoms with Gasteiger partial charge in [-0.15, -0.1) is 0 Å². The van der Waals surface area contributed by atoms with E-state index in [0.29, 0.717) is 23.7 Å². The van der Waals surface area contributed by atoms with Crippen molar-refractivity contribution in [2.75, 3.05) is 0 Å². The van der Waals surface area contributed by atoms with Gasteiger partial charge in [-0.05, 0) is 50.3 Å². The van der Waals surface area contributed by atoms with Crippen molar-refractivity contribution in [2.45, 2.75) is 45.3 Å². The number of phenolic OH excluding ortho intramolecular Hbond substituents is 1. The summed E-state index contributed by atoms with van der Waals surface area (Å²) in [5.41, 5.74) is 0.628. The lowest BCUT2D eigenvalue weighted by molar-refractivity contribution is -0.124. The second-order valence-corrected chi connectivity index (χ2v) is 7.37. The van der Waals surface area contributed by atoms with Gasteiger partial charge in [0.1, 0.15) is 29.1 Å². The molecule has 3 rings (SSSR count). The standard InChI is InChI=1S/C21H25NO4/c1-4-5-6-13(2)11-21(3)19(24)17-18(26-21)16(12-22-20(17)25)14-7-9-15(23)10-8-14/h4-5,7-10,12-13,17,19,23-24H,6,11H2,1-3H3/b5-4+/t13-,17?,19-,21-/m0/s1. The van der Waals surface area contributed by atoms with Crippen LogP contribution in [0.2, 0.25) is 0 Å². The molecule has 0 aromatic heterocycles. The Labute approximate surface area is 153 Å². The summed E-state index contributed by atoms with van der Waals surface area (Å²) >= 11 is 0. The number of fused-ring (bicyclic) bond motifs is 1. The van der Waals surface area contributed by atoms with Gasteiger partial charge in [0.2, 0.25) is 0 Å². The minimum atomic E-state index is -0.942. The number of phenols is 1. The first kappa shape index (κ1) is 18.4. The second-order valence-electron chi connectivity index (χ2n) is 7.37. The maximum absolute atomic E-state index is 12.3. The number of amides is 1. The molecule has 1 saturated heterocycles. The van der Waals surface area contributed by atoms with Crippen molar-refractivity contribution in [3.63, 3.8) is 0 Å². The van der Waals surface area contributed by atoms with Crippen LogP contribution in [0.3, 0.4) is 0 Å². The smallest absolute Gasteiger partial charge is 0.259 e. The van der Waals surface area contributed by atoms with Crippen LogP contribution in [0.1, 0.15) is 39.2 Å². The van der Waals surface area contributed by atoms with E-state index in [2.05, 4.69) is 18.0 Å². The molecule has 26 heavy (non-hydrogen) atoms. The van der Waals surface area contributed by atoms with Crippen LogP contribution >= 0.6 is 0 Å². The van der Waals surface area contributed by atoms with Gasteiger partial charge in [-0.3, -0.25) is 4.79 Å². The summed E-state index contributed by atoms with van der Waals surface area (Å²) in [4.78, 5) is 16.3. The maximum Gasteiger partial charge on any atom is 0.259 e. The Kier molecular flexibility index (Phi) is 5.01. The molecule has 5 nitrogen and oxygen atoms in total. The third-order valence-electron chi connectivity index (χ3n) is 5.13. The highest BCUT2D eigenvalue weighted by atomic mass is 16.5. The number of carbonyl (C=O) groups is 1. The third-order valence-corrected chi connectivity index (χ3v) is 5.13. The van der Waals surface area contributed by atoms with E-state index in [1.54, 1.807) is 24.3 Å². The van der Waals surface area contributed by atoms with Crippen molar-refractivity contribution in [3.8, 4) is 5.75 Å². The SMILES string of the molecule is C/C=C/C[C@H](C)C[C@]1(C)OC2=C(c3ccc(O)cc3)C=NC(=O)C2[C@@H]1O. The van der Waals surface area contributed by atoms with Gasteiger partial charge >= 0.3 is 0 Å². The largest absolute Gasteiger partial charge is 0.508 e. The van der Waals surface area contributed by atoms with Crippen molar-refractivity contribution < 1.29 is 19.7 Å². The Morgan fingerprint density at radius 2 is 2.04 bits per heavy atom. The number of aliphatic hydroxyl groups excluding tert-OH is 1. The lowest BCUT2D eigenvalue weighted by Crippen LogP contribution is -2.41. The van der Waals surface area contributed by atoms with E-state index < -0.39 is 17.6 Å². The van der Waals surface area contributed by atoms with Crippen LogP contribution < -0.4 is 0 Å². The molecule has 1 unspecified atom stereocenters. The molecule has 2 aliphatic rings. The number of benzene rings is 1. The molecule has 0 saturated carbocycles. The van der Waals surface area contributed by atoms with Crippen molar-refractivity contribution in [3.05, 3.63) is 47.7 Å².